The van der Waals surface area contributed by atoms with Crippen molar-refractivity contribution >= 4 is 56.6 Å². The van der Waals surface area contributed by atoms with Crippen molar-refractivity contribution in [2.75, 3.05) is 13.7 Å². The van der Waals surface area contributed by atoms with Crippen molar-refractivity contribution in [3.63, 3.8) is 0 Å². The van der Waals surface area contributed by atoms with E-state index in [1.165, 1.54) is 19.2 Å². The summed E-state index contributed by atoms with van der Waals surface area (Å²) < 4.78 is 26.0. The molecule has 1 aliphatic heterocycles. The molecule has 156 valence electrons. The largest absolute Gasteiger partial charge is 0.492 e. The average Bonchev–Trinajstić information content (AvgIpc) is 2.87. The zero-order chi connectivity index (χ0) is 21.8. The third-order valence-corrected chi connectivity index (χ3v) is 5.32. The van der Waals surface area contributed by atoms with E-state index in [0.29, 0.717) is 0 Å². The first-order valence-corrected chi connectivity index (χ1v) is 10.1. The number of carbonyl (C=O) groups is 1. The highest BCUT2D eigenvalue weighted by Gasteiger charge is 2.25. The first-order valence-electron chi connectivity index (χ1n) is 8.53. The predicted molar refractivity (Wildman–Crippen MR) is 118 cm³/mol. The molecule has 0 spiro atoms. The van der Waals surface area contributed by atoms with Crippen molar-refractivity contribution in [3.8, 4) is 5.75 Å². The van der Waals surface area contributed by atoms with Crippen molar-refractivity contribution < 1.29 is 18.7 Å². The quantitative estimate of drug-likeness (QED) is 0.590. The van der Waals surface area contributed by atoms with Crippen molar-refractivity contribution in [1.82, 2.24) is 0 Å². The van der Waals surface area contributed by atoms with Gasteiger partial charge >= 0.3 is 5.97 Å². The number of benzene rings is 2. The first kappa shape index (κ1) is 22.3. The molecular formula is C20H15BrCl2FN3O3. The Morgan fingerprint density at radius 2 is 1.93 bits per heavy atom. The minimum absolute atomic E-state index is 0.00912. The summed E-state index contributed by atoms with van der Waals surface area (Å²) in [6, 6.07) is 10.1. The van der Waals surface area contributed by atoms with Crippen molar-refractivity contribution in [1.29, 1.82) is 0 Å². The lowest BCUT2D eigenvalue weighted by Crippen LogP contribution is -2.16. The Labute approximate surface area is 190 Å². The molecule has 0 radical (unpaired) electrons. The Kier molecular flexibility index (Phi) is 7.12. The van der Waals surface area contributed by atoms with Crippen molar-refractivity contribution in [2.45, 2.75) is 6.61 Å². The summed E-state index contributed by atoms with van der Waals surface area (Å²) in [5.41, 5.74) is 6.49. The maximum atomic E-state index is 14.8. The fourth-order valence-corrected chi connectivity index (χ4v) is 3.26. The second kappa shape index (κ2) is 9.59. The number of ether oxygens (including phenoxy) is 2. The fourth-order valence-electron chi connectivity index (χ4n) is 2.59. The van der Waals surface area contributed by atoms with Gasteiger partial charge in [0, 0.05) is 10.0 Å². The standard InChI is InChI=1S/C20H15BrCl2FN3O3/c1-29-18-13(22)7-6-12(16(18)24)14-8-26-19(25)15(23)17(27-14)20(28)30-9-10-2-4-11(21)5-3-10/h2-7H,8-9H2,1H3,(H2,25,26). The van der Waals surface area contributed by atoms with E-state index in [4.69, 9.17) is 38.4 Å². The summed E-state index contributed by atoms with van der Waals surface area (Å²) in [7, 11) is 1.29. The van der Waals surface area contributed by atoms with Crippen LogP contribution >= 0.6 is 39.1 Å². The monoisotopic (exact) mass is 513 g/mol. The second-order valence-electron chi connectivity index (χ2n) is 6.07. The number of nitrogens with zero attached hydrogens (tertiary/aromatic N) is 2. The summed E-state index contributed by atoms with van der Waals surface area (Å²) in [5.74, 6) is -1.81. The molecular weight excluding hydrogens is 500 g/mol. The number of hydrogen-bond donors (Lipinski definition) is 1. The molecule has 0 saturated heterocycles. The predicted octanol–water partition coefficient (Wildman–Crippen LogP) is 4.60. The molecule has 30 heavy (non-hydrogen) atoms. The number of aliphatic imine (C=N–C) groups is 2. The van der Waals surface area contributed by atoms with Gasteiger partial charge in [0.1, 0.15) is 17.5 Å². The minimum atomic E-state index is -0.818. The molecule has 0 saturated carbocycles. The van der Waals surface area contributed by atoms with E-state index >= 15 is 0 Å². The second-order valence-corrected chi connectivity index (χ2v) is 7.77. The number of hydrogen-bond acceptors (Lipinski definition) is 6. The molecule has 3 rings (SSSR count). The van der Waals surface area contributed by atoms with Crippen LogP contribution in [0.3, 0.4) is 0 Å². The molecule has 2 aromatic rings. The molecule has 1 heterocycles. The van der Waals surface area contributed by atoms with Crippen LogP contribution in [0.25, 0.3) is 0 Å². The Morgan fingerprint density at radius 1 is 1.23 bits per heavy atom. The number of rotatable bonds is 5. The molecule has 2 N–H and O–H groups in total. The number of esters is 1. The maximum Gasteiger partial charge on any atom is 0.358 e. The van der Waals surface area contributed by atoms with E-state index in [1.54, 1.807) is 12.1 Å². The highest BCUT2D eigenvalue weighted by atomic mass is 79.9. The van der Waals surface area contributed by atoms with E-state index < -0.39 is 11.8 Å². The fraction of sp³-hybridized carbons (Fsp3) is 0.150. The van der Waals surface area contributed by atoms with Gasteiger partial charge in [0.2, 0.25) is 0 Å². The maximum absolute atomic E-state index is 14.8. The van der Waals surface area contributed by atoms with E-state index in [0.717, 1.165) is 10.0 Å². The van der Waals surface area contributed by atoms with Gasteiger partial charge in [0.15, 0.2) is 17.3 Å². The molecule has 10 heteroatoms. The molecule has 0 aliphatic carbocycles. The topological polar surface area (TPSA) is 86.3 Å². The number of methoxy groups -OCH3 is 1. The smallest absolute Gasteiger partial charge is 0.358 e. The lowest BCUT2D eigenvalue weighted by molar-refractivity contribution is -0.140. The molecule has 0 amide bonds. The number of halogens is 4. The van der Waals surface area contributed by atoms with Crippen molar-refractivity contribution in [2.24, 2.45) is 15.7 Å². The Bertz CT molecular complexity index is 1090. The van der Waals surface area contributed by atoms with Crippen LogP contribution in [0.1, 0.15) is 11.1 Å². The molecule has 0 aromatic heterocycles. The lowest BCUT2D eigenvalue weighted by Gasteiger charge is -2.11. The van der Waals surface area contributed by atoms with Gasteiger partial charge in [-0.1, -0.05) is 51.3 Å². The number of amidine groups is 1. The van der Waals surface area contributed by atoms with Gasteiger partial charge < -0.3 is 15.2 Å². The molecule has 1 aliphatic rings. The van der Waals surface area contributed by atoms with Gasteiger partial charge in [-0.2, -0.15) is 0 Å². The van der Waals surface area contributed by atoms with Gasteiger partial charge in [-0.05, 0) is 29.8 Å². The summed E-state index contributed by atoms with van der Waals surface area (Å²) in [6.07, 6.45) is 0. The molecule has 0 atom stereocenters. The minimum Gasteiger partial charge on any atom is -0.492 e. The SMILES string of the molecule is COc1c(Cl)ccc(C2=NC(C(=O)OCc3ccc(Br)cc3)=C(Cl)C(N)=NC2)c1F. The highest BCUT2D eigenvalue weighted by Crippen LogP contribution is 2.31. The zero-order valence-corrected chi connectivity index (χ0v) is 18.7. The van der Waals surface area contributed by atoms with Crippen molar-refractivity contribution in [3.05, 3.63) is 73.6 Å². The third-order valence-electron chi connectivity index (χ3n) is 4.12. The van der Waals surface area contributed by atoms with Gasteiger partial charge in [-0.15, -0.1) is 0 Å². The molecule has 0 fully saturated rings. The van der Waals surface area contributed by atoms with Gasteiger partial charge in [-0.25, -0.2) is 14.2 Å². The first-order chi connectivity index (χ1) is 14.3. The van der Waals surface area contributed by atoms with E-state index in [-0.39, 0.29) is 51.8 Å². The van der Waals surface area contributed by atoms with E-state index in [1.807, 2.05) is 12.1 Å². The van der Waals surface area contributed by atoms with Crippen LogP contribution < -0.4 is 10.5 Å². The van der Waals surface area contributed by atoms with Gasteiger partial charge in [0.05, 0.1) is 24.4 Å². The van der Waals surface area contributed by atoms with Crippen LogP contribution in [0.4, 0.5) is 4.39 Å². The molecule has 0 bridgehead atoms. The normalized spacial score (nSPS) is 14.0. The van der Waals surface area contributed by atoms with E-state index in [9.17, 15) is 9.18 Å². The average molecular weight is 515 g/mol. The highest BCUT2D eigenvalue weighted by molar-refractivity contribution is 9.10. The number of nitrogens with two attached hydrogens (primary N) is 1. The van der Waals surface area contributed by atoms with E-state index in [2.05, 4.69) is 25.9 Å². The molecule has 0 unspecified atom stereocenters. The zero-order valence-electron chi connectivity index (χ0n) is 15.6. The van der Waals surface area contributed by atoms with Gasteiger partial charge in [-0.3, -0.25) is 4.99 Å². The van der Waals surface area contributed by atoms with Gasteiger partial charge in [0.25, 0.3) is 0 Å². The summed E-state index contributed by atoms with van der Waals surface area (Å²) >= 11 is 15.5. The molecule has 2 aromatic carbocycles. The Morgan fingerprint density at radius 3 is 2.60 bits per heavy atom. The van der Waals surface area contributed by atoms with Crippen LogP contribution in [0.5, 0.6) is 5.75 Å². The number of carbonyl (C=O) groups excluding carboxylic acids is 1. The summed E-state index contributed by atoms with van der Waals surface area (Å²) in [4.78, 5) is 20.9. The molecule has 6 nitrogen and oxygen atoms in total. The summed E-state index contributed by atoms with van der Waals surface area (Å²) in [6.45, 7) is -0.113. The third kappa shape index (κ3) is 4.83. The van der Waals surface area contributed by atoms with Crippen LogP contribution in [0, 0.1) is 5.82 Å². The Hall–Kier alpha value is -2.42. The van der Waals surface area contributed by atoms with Crippen LogP contribution in [-0.4, -0.2) is 31.2 Å². The van der Waals surface area contributed by atoms with Crippen LogP contribution in [-0.2, 0) is 16.1 Å². The Balaban J connectivity index is 1.93. The summed E-state index contributed by atoms with van der Waals surface area (Å²) in [5, 5.41) is -0.0779. The van der Waals surface area contributed by atoms with Crippen LogP contribution in [0.2, 0.25) is 5.02 Å². The lowest BCUT2D eigenvalue weighted by atomic mass is 10.1. The van der Waals surface area contributed by atoms with Crippen LogP contribution in [0.15, 0.2) is 61.6 Å².